The van der Waals surface area contributed by atoms with E-state index < -0.39 is 0 Å². The van der Waals surface area contributed by atoms with Crippen LogP contribution in [0, 0.1) is 0 Å². The molecule has 1 rings (SSSR count). The summed E-state index contributed by atoms with van der Waals surface area (Å²) >= 11 is 5.42. The Bertz CT molecular complexity index is 237. The number of piperazine rings is 1. The van der Waals surface area contributed by atoms with Crippen LogP contribution in [0.5, 0.6) is 0 Å². The zero-order valence-electron chi connectivity index (χ0n) is 10.7. The van der Waals surface area contributed by atoms with Crippen LogP contribution in [0.4, 0.5) is 0 Å². The summed E-state index contributed by atoms with van der Waals surface area (Å²) in [6, 6.07) is 0.748. The number of hydrogen-bond acceptors (Lipinski definition) is 3. The van der Waals surface area contributed by atoms with E-state index in [0.29, 0.717) is 12.6 Å². The molecule has 2 unspecified atom stereocenters. The minimum absolute atomic E-state index is 0.268. The highest BCUT2D eigenvalue weighted by Crippen LogP contribution is 2.08. The van der Waals surface area contributed by atoms with Crippen LogP contribution in [0.1, 0.15) is 13.8 Å². The second kappa shape index (κ2) is 6.37. The Balaban J connectivity index is 2.41. The minimum atomic E-state index is 0.268. The van der Waals surface area contributed by atoms with E-state index in [4.69, 9.17) is 17.0 Å². The van der Waals surface area contributed by atoms with Crippen LogP contribution >= 0.6 is 12.2 Å². The van der Waals surface area contributed by atoms with Crippen molar-refractivity contribution in [2.75, 3.05) is 40.4 Å². The second-order valence-electron chi connectivity index (χ2n) is 4.61. The highest BCUT2D eigenvalue weighted by atomic mass is 32.1. The predicted octanol–water partition coefficient (Wildman–Crippen LogP) is 0.532. The number of hydrogen-bond donors (Lipinski definition) is 1. The lowest BCUT2D eigenvalue weighted by Gasteiger charge is -2.40. The molecular formula is C11H23N3OS. The molecule has 1 N–H and O–H groups in total. The van der Waals surface area contributed by atoms with Crippen LogP contribution in [0.3, 0.4) is 0 Å². The Kier molecular flexibility index (Phi) is 5.44. The maximum atomic E-state index is 5.42. The molecule has 0 amide bonds. The van der Waals surface area contributed by atoms with Gasteiger partial charge in [-0.15, -0.1) is 0 Å². The zero-order valence-corrected chi connectivity index (χ0v) is 11.5. The predicted molar refractivity (Wildman–Crippen MR) is 70.7 cm³/mol. The van der Waals surface area contributed by atoms with Gasteiger partial charge in [0.05, 0.1) is 6.61 Å². The third kappa shape index (κ3) is 3.88. The lowest BCUT2D eigenvalue weighted by Crippen LogP contribution is -2.56. The standard InChI is InChI=1S/C11H23N3OS/c1-9(8-15-4)12-11(16)14-6-5-13(3)7-10(14)2/h9-10H,5-8H2,1-4H3,(H,12,16). The number of nitrogens with one attached hydrogen (secondary N) is 1. The van der Waals surface area contributed by atoms with Gasteiger partial charge in [0.15, 0.2) is 5.11 Å². The molecule has 0 aliphatic carbocycles. The molecule has 0 bridgehead atoms. The second-order valence-corrected chi connectivity index (χ2v) is 5.00. The monoisotopic (exact) mass is 245 g/mol. The summed E-state index contributed by atoms with van der Waals surface area (Å²) in [7, 11) is 3.86. The number of methoxy groups -OCH3 is 1. The Hall–Kier alpha value is -0.390. The Labute approximate surface area is 104 Å². The van der Waals surface area contributed by atoms with Crippen LogP contribution in [0.15, 0.2) is 0 Å². The normalized spacial score (nSPS) is 24.2. The van der Waals surface area contributed by atoms with Crippen molar-refractivity contribution in [3.8, 4) is 0 Å². The Morgan fingerprint density at radius 2 is 2.25 bits per heavy atom. The van der Waals surface area contributed by atoms with E-state index in [2.05, 4.69) is 36.0 Å². The Morgan fingerprint density at radius 3 is 2.81 bits per heavy atom. The van der Waals surface area contributed by atoms with Crippen LogP contribution < -0.4 is 5.32 Å². The highest BCUT2D eigenvalue weighted by molar-refractivity contribution is 7.80. The summed E-state index contributed by atoms with van der Waals surface area (Å²) in [5.74, 6) is 0. The molecule has 2 atom stereocenters. The first-order valence-electron chi connectivity index (χ1n) is 5.79. The first-order chi connectivity index (χ1) is 7.54. The molecule has 16 heavy (non-hydrogen) atoms. The highest BCUT2D eigenvalue weighted by Gasteiger charge is 2.23. The van der Waals surface area contributed by atoms with Gasteiger partial charge in [-0.1, -0.05) is 0 Å². The van der Waals surface area contributed by atoms with Gasteiger partial charge < -0.3 is 19.9 Å². The zero-order chi connectivity index (χ0) is 12.1. The lowest BCUT2D eigenvalue weighted by molar-refractivity contribution is 0.153. The quantitative estimate of drug-likeness (QED) is 0.732. The summed E-state index contributed by atoms with van der Waals surface area (Å²) in [6.07, 6.45) is 0. The molecule has 0 aromatic carbocycles. The molecule has 0 saturated carbocycles. The van der Waals surface area contributed by atoms with E-state index in [1.54, 1.807) is 7.11 Å². The molecular weight excluding hydrogens is 222 g/mol. The van der Waals surface area contributed by atoms with Crippen molar-refractivity contribution < 1.29 is 4.74 Å². The summed E-state index contributed by atoms with van der Waals surface area (Å²) < 4.78 is 5.09. The van der Waals surface area contributed by atoms with Crippen molar-refractivity contribution in [2.45, 2.75) is 25.9 Å². The van der Waals surface area contributed by atoms with Gasteiger partial charge >= 0.3 is 0 Å². The van der Waals surface area contributed by atoms with Crippen molar-refractivity contribution in [1.82, 2.24) is 15.1 Å². The first-order valence-corrected chi connectivity index (χ1v) is 6.20. The van der Waals surface area contributed by atoms with Crippen LogP contribution in [-0.2, 0) is 4.74 Å². The maximum Gasteiger partial charge on any atom is 0.169 e. The fourth-order valence-corrected chi connectivity index (χ4v) is 2.50. The molecule has 0 radical (unpaired) electrons. The van der Waals surface area contributed by atoms with Gasteiger partial charge in [0.2, 0.25) is 0 Å². The van der Waals surface area contributed by atoms with Gasteiger partial charge in [-0.3, -0.25) is 0 Å². The van der Waals surface area contributed by atoms with Gasteiger partial charge in [0, 0.05) is 38.8 Å². The van der Waals surface area contributed by atoms with Crippen molar-refractivity contribution in [1.29, 1.82) is 0 Å². The largest absolute Gasteiger partial charge is 0.383 e. The van der Waals surface area contributed by atoms with Crippen molar-refractivity contribution in [3.05, 3.63) is 0 Å². The van der Waals surface area contributed by atoms with Gasteiger partial charge in [-0.25, -0.2) is 0 Å². The molecule has 5 heteroatoms. The summed E-state index contributed by atoms with van der Waals surface area (Å²) in [4.78, 5) is 4.60. The third-order valence-electron chi connectivity index (χ3n) is 2.88. The summed E-state index contributed by atoms with van der Waals surface area (Å²) in [5, 5.41) is 4.16. The lowest BCUT2D eigenvalue weighted by atomic mass is 10.2. The first kappa shape index (κ1) is 13.7. The van der Waals surface area contributed by atoms with Gasteiger partial charge in [0.1, 0.15) is 0 Å². The van der Waals surface area contributed by atoms with E-state index >= 15 is 0 Å². The number of rotatable bonds is 3. The van der Waals surface area contributed by atoms with Gasteiger partial charge in [0.25, 0.3) is 0 Å². The van der Waals surface area contributed by atoms with E-state index in [1.807, 2.05) is 0 Å². The summed E-state index contributed by atoms with van der Waals surface area (Å²) in [6.45, 7) is 8.12. The number of ether oxygens (including phenoxy) is 1. The van der Waals surface area contributed by atoms with Crippen molar-refractivity contribution in [3.63, 3.8) is 0 Å². The molecule has 1 fully saturated rings. The van der Waals surface area contributed by atoms with Crippen molar-refractivity contribution >= 4 is 17.3 Å². The molecule has 1 heterocycles. The molecule has 4 nitrogen and oxygen atoms in total. The molecule has 94 valence electrons. The fraction of sp³-hybridized carbons (Fsp3) is 0.909. The van der Waals surface area contributed by atoms with Crippen LogP contribution in [0.25, 0.3) is 0 Å². The molecule has 1 aliphatic rings. The average Bonchev–Trinajstić information content (AvgIpc) is 2.17. The number of thiocarbonyl (C=S) groups is 1. The van der Waals surface area contributed by atoms with Gasteiger partial charge in [-0.2, -0.15) is 0 Å². The minimum Gasteiger partial charge on any atom is -0.383 e. The molecule has 0 aromatic rings. The topological polar surface area (TPSA) is 27.7 Å². The number of nitrogens with zero attached hydrogens (tertiary/aromatic N) is 2. The van der Waals surface area contributed by atoms with E-state index in [9.17, 15) is 0 Å². The third-order valence-corrected chi connectivity index (χ3v) is 3.23. The SMILES string of the molecule is COCC(C)NC(=S)N1CCN(C)CC1C. The molecule has 1 aliphatic heterocycles. The molecule has 1 saturated heterocycles. The Morgan fingerprint density at radius 1 is 1.56 bits per heavy atom. The van der Waals surface area contributed by atoms with E-state index in [0.717, 1.165) is 24.7 Å². The van der Waals surface area contributed by atoms with Crippen molar-refractivity contribution in [2.24, 2.45) is 0 Å². The smallest absolute Gasteiger partial charge is 0.169 e. The van der Waals surface area contributed by atoms with Gasteiger partial charge in [-0.05, 0) is 33.1 Å². The molecule has 0 aromatic heterocycles. The summed E-state index contributed by atoms with van der Waals surface area (Å²) in [5.41, 5.74) is 0. The van der Waals surface area contributed by atoms with Crippen LogP contribution in [0.2, 0.25) is 0 Å². The van der Waals surface area contributed by atoms with Crippen LogP contribution in [-0.4, -0.2) is 67.4 Å². The number of likely N-dealkylation sites (N-methyl/N-ethyl adjacent to an activating group) is 1. The maximum absolute atomic E-state index is 5.42. The van der Waals surface area contributed by atoms with E-state index in [1.165, 1.54) is 0 Å². The molecule has 0 spiro atoms. The fourth-order valence-electron chi connectivity index (χ4n) is 2.03. The average molecular weight is 245 g/mol. The van der Waals surface area contributed by atoms with E-state index in [-0.39, 0.29) is 6.04 Å².